The van der Waals surface area contributed by atoms with Crippen molar-refractivity contribution in [1.82, 2.24) is 4.90 Å². The van der Waals surface area contributed by atoms with Crippen molar-refractivity contribution >= 4 is 0 Å². The molecule has 2 N–H and O–H groups in total. The molecule has 1 fully saturated rings. The number of hydrogen-bond acceptors (Lipinski definition) is 3. The molecule has 0 atom stereocenters. The number of hydrogen-bond donors (Lipinski definition) is 1. The second kappa shape index (κ2) is 5.34. The van der Waals surface area contributed by atoms with Gasteiger partial charge in [0.05, 0.1) is 13.2 Å². The van der Waals surface area contributed by atoms with Crippen LogP contribution in [0.4, 0.5) is 4.39 Å². The first-order valence-electron chi connectivity index (χ1n) is 6.35. The van der Waals surface area contributed by atoms with E-state index in [0.717, 1.165) is 37.4 Å². The molecule has 2 rings (SSSR count). The van der Waals surface area contributed by atoms with Crippen LogP contribution in [0.1, 0.15) is 25.0 Å². The molecule has 1 aliphatic heterocycles. The summed E-state index contributed by atoms with van der Waals surface area (Å²) in [6, 6.07) is 5.31. The van der Waals surface area contributed by atoms with E-state index in [1.807, 2.05) is 26.0 Å². The number of ether oxygens (including phenoxy) is 1. The zero-order valence-electron chi connectivity index (χ0n) is 11.1. The Labute approximate surface area is 108 Å². The molecule has 4 heteroatoms. The van der Waals surface area contributed by atoms with E-state index in [4.69, 9.17) is 10.5 Å². The molecule has 1 saturated heterocycles. The second-order valence-corrected chi connectivity index (χ2v) is 5.42. The van der Waals surface area contributed by atoms with Gasteiger partial charge in [-0.15, -0.1) is 0 Å². The summed E-state index contributed by atoms with van der Waals surface area (Å²) in [5.74, 6) is -0.169. The normalized spacial score (nSPS) is 18.0. The minimum atomic E-state index is -0.502. The van der Waals surface area contributed by atoms with Crippen LogP contribution in [-0.2, 0) is 16.8 Å². The van der Waals surface area contributed by atoms with E-state index in [2.05, 4.69) is 4.90 Å². The monoisotopic (exact) mass is 252 g/mol. The first kappa shape index (κ1) is 13.5. The lowest BCUT2D eigenvalue weighted by atomic mass is 9.94. The second-order valence-electron chi connectivity index (χ2n) is 5.42. The third-order valence-electron chi connectivity index (χ3n) is 3.29. The van der Waals surface area contributed by atoms with Gasteiger partial charge in [0, 0.05) is 30.7 Å². The SMILES string of the molecule is CC(C)(N)c1ccc(CN2CCOCC2)c(F)c1. The molecule has 0 amide bonds. The van der Waals surface area contributed by atoms with Crippen molar-refractivity contribution in [2.24, 2.45) is 5.73 Å². The molecular weight excluding hydrogens is 231 g/mol. The zero-order chi connectivity index (χ0) is 13.2. The van der Waals surface area contributed by atoms with E-state index in [0.29, 0.717) is 6.54 Å². The zero-order valence-corrected chi connectivity index (χ0v) is 11.1. The highest BCUT2D eigenvalue weighted by molar-refractivity contribution is 5.28. The highest BCUT2D eigenvalue weighted by Crippen LogP contribution is 2.21. The van der Waals surface area contributed by atoms with Gasteiger partial charge in [-0.1, -0.05) is 12.1 Å². The van der Waals surface area contributed by atoms with Crippen LogP contribution in [0.5, 0.6) is 0 Å². The van der Waals surface area contributed by atoms with E-state index in [-0.39, 0.29) is 5.82 Å². The number of halogens is 1. The van der Waals surface area contributed by atoms with E-state index >= 15 is 0 Å². The largest absolute Gasteiger partial charge is 0.379 e. The minimum Gasteiger partial charge on any atom is -0.379 e. The third kappa shape index (κ3) is 3.28. The Kier molecular flexibility index (Phi) is 4.00. The standard InChI is InChI=1S/C14H21FN2O/c1-14(2,16)12-4-3-11(13(15)9-12)10-17-5-7-18-8-6-17/h3-4,9H,5-8,10,16H2,1-2H3. The summed E-state index contributed by atoms with van der Waals surface area (Å²) < 4.78 is 19.3. The van der Waals surface area contributed by atoms with Gasteiger partial charge in [0.25, 0.3) is 0 Å². The quantitative estimate of drug-likeness (QED) is 0.892. The first-order chi connectivity index (χ1) is 8.47. The molecule has 1 heterocycles. The van der Waals surface area contributed by atoms with E-state index in [1.54, 1.807) is 6.07 Å². The summed E-state index contributed by atoms with van der Waals surface area (Å²) in [6.45, 7) is 7.59. The van der Waals surface area contributed by atoms with Gasteiger partial charge < -0.3 is 10.5 Å². The molecule has 1 aromatic rings. The summed E-state index contributed by atoms with van der Waals surface area (Å²) in [5.41, 5.74) is 7.02. The van der Waals surface area contributed by atoms with E-state index in [9.17, 15) is 4.39 Å². The van der Waals surface area contributed by atoms with Crippen molar-refractivity contribution in [2.45, 2.75) is 25.9 Å². The summed E-state index contributed by atoms with van der Waals surface area (Å²) >= 11 is 0. The molecule has 0 aromatic heterocycles. The Morgan fingerprint density at radius 3 is 2.56 bits per heavy atom. The molecule has 1 aromatic carbocycles. The Balaban J connectivity index is 2.09. The molecule has 0 radical (unpaired) electrons. The van der Waals surface area contributed by atoms with Gasteiger partial charge in [-0.3, -0.25) is 4.90 Å². The number of benzene rings is 1. The van der Waals surface area contributed by atoms with Crippen molar-refractivity contribution in [2.75, 3.05) is 26.3 Å². The van der Waals surface area contributed by atoms with E-state index < -0.39 is 5.54 Å². The Morgan fingerprint density at radius 2 is 2.00 bits per heavy atom. The first-order valence-corrected chi connectivity index (χ1v) is 6.35. The molecule has 0 spiro atoms. The molecule has 100 valence electrons. The third-order valence-corrected chi connectivity index (χ3v) is 3.29. The maximum Gasteiger partial charge on any atom is 0.128 e. The van der Waals surface area contributed by atoms with Crippen LogP contribution in [0.2, 0.25) is 0 Å². The predicted octanol–water partition coefficient (Wildman–Crippen LogP) is 1.85. The van der Waals surface area contributed by atoms with Crippen molar-refractivity contribution in [1.29, 1.82) is 0 Å². The molecular formula is C14H21FN2O. The lowest BCUT2D eigenvalue weighted by Gasteiger charge is -2.27. The molecule has 0 unspecified atom stereocenters. The maximum atomic E-state index is 14.0. The minimum absolute atomic E-state index is 0.169. The van der Waals surface area contributed by atoms with Crippen molar-refractivity contribution < 1.29 is 9.13 Å². The fourth-order valence-electron chi connectivity index (χ4n) is 2.08. The Bertz CT molecular complexity index is 409. The summed E-state index contributed by atoms with van der Waals surface area (Å²) in [6.07, 6.45) is 0. The fourth-order valence-corrected chi connectivity index (χ4v) is 2.08. The smallest absolute Gasteiger partial charge is 0.128 e. The lowest BCUT2D eigenvalue weighted by molar-refractivity contribution is 0.0337. The number of nitrogens with zero attached hydrogens (tertiary/aromatic N) is 1. The number of rotatable bonds is 3. The Hall–Kier alpha value is -0.970. The topological polar surface area (TPSA) is 38.5 Å². The highest BCUT2D eigenvalue weighted by atomic mass is 19.1. The average Bonchev–Trinajstić information content (AvgIpc) is 2.32. The summed E-state index contributed by atoms with van der Waals surface area (Å²) in [4.78, 5) is 2.20. The molecule has 18 heavy (non-hydrogen) atoms. The van der Waals surface area contributed by atoms with Gasteiger partial charge in [-0.05, 0) is 25.5 Å². The van der Waals surface area contributed by atoms with Crippen molar-refractivity contribution in [3.8, 4) is 0 Å². The van der Waals surface area contributed by atoms with Crippen molar-refractivity contribution in [3.63, 3.8) is 0 Å². The molecule has 0 aliphatic carbocycles. The predicted molar refractivity (Wildman–Crippen MR) is 69.7 cm³/mol. The fraction of sp³-hybridized carbons (Fsp3) is 0.571. The van der Waals surface area contributed by atoms with Gasteiger partial charge in [-0.25, -0.2) is 4.39 Å². The Morgan fingerprint density at radius 1 is 1.33 bits per heavy atom. The summed E-state index contributed by atoms with van der Waals surface area (Å²) in [5, 5.41) is 0. The van der Waals surface area contributed by atoms with Gasteiger partial charge in [0.2, 0.25) is 0 Å². The van der Waals surface area contributed by atoms with Crippen LogP contribution in [0.15, 0.2) is 18.2 Å². The molecule has 0 saturated carbocycles. The number of nitrogens with two attached hydrogens (primary N) is 1. The van der Waals surface area contributed by atoms with Crippen LogP contribution >= 0.6 is 0 Å². The maximum absolute atomic E-state index is 14.0. The highest BCUT2D eigenvalue weighted by Gasteiger charge is 2.17. The van der Waals surface area contributed by atoms with Crippen molar-refractivity contribution in [3.05, 3.63) is 35.1 Å². The van der Waals surface area contributed by atoms with Gasteiger partial charge in [0.1, 0.15) is 5.82 Å². The van der Waals surface area contributed by atoms with Gasteiger partial charge in [-0.2, -0.15) is 0 Å². The van der Waals surface area contributed by atoms with Gasteiger partial charge >= 0.3 is 0 Å². The van der Waals surface area contributed by atoms with Crippen LogP contribution in [0.25, 0.3) is 0 Å². The van der Waals surface area contributed by atoms with E-state index in [1.165, 1.54) is 0 Å². The average molecular weight is 252 g/mol. The molecule has 1 aliphatic rings. The van der Waals surface area contributed by atoms with Crippen LogP contribution in [-0.4, -0.2) is 31.2 Å². The lowest BCUT2D eigenvalue weighted by Crippen LogP contribution is -2.36. The van der Waals surface area contributed by atoms with Crippen LogP contribution in [0, 0.1) is 5.82 Å². The van der Waals surface area contributed by atoms with Crippen LogP contribution in [0.3, 0.4) is 0 Å². The van der Waals surface area contributed by atoms with Gasteiger partial charge in [0.15, 0.2) is 0 Å². The van der Waals surface area contributed by atoms with Crippen LogP contribution < -0.4 is 5.73 Å². The molecule has 3 nitrogen and oxygen atoms in total. The number of morpholine rings is 1. The summed E-state index contributed by atoms with van der Waals surface area (Å²) in [7, 11) is 0. The molecule has 0 bridgehead atoms.